The Labute approximate surface area is 122 Å². The number of rotatable bonds is 7. The van der Waals surface area contributed by atoms with Gasteiger partial charge in [-0.1, -0.05) is 13.8 Å². The number of benzene rings is 1. The summed E-state index contributed by atoms with van der Waals surface area (Å²) in [6.07, 6.45) is 0.698. The topological polar surface area (TPSA) is 58.4 Å². The quantitative estimate of drug-likeness (QED) is 0.805. The SMILES string of the molecule is CCN(CC)c1ccc(NC(=O)[C@@H](N)CC(C)C)cc1. The maximum Gasteiger partial charge on any atom is 0.241 e. The van der Waals surface area contributed by atoms with E-state index in [4.69, 9.17) is 5.73 Å². The Balaban J connectivity index is 2.63. The smallest absolute Gasteiger partial charge is 0.241 e. The van der Waals surface area contributed by atoms with Crippen LogP contribution in [-0.4, -0.2) is 25.0 Å². The molecule has 0 fully saturated rings. The zero-order valence-electron chi connectivity index (χ0n) is 13.0. The van der Waals surface area contributed by atoms with E-state index >= 15 is 0 Å². The molecule has 0 saturated carbocycles. The molecule has 1 aromatic rings. The molecule has 0 unspecified atom stereocenters. The molecule has 1 atom stereocenters. The summed E-state index contributed by atoms with van der Waals surface area (Å²) in [7, 11) is 0. The van der Waals surface area contributed by atoms with E-state index in [1.54, 1.807) is 0 Å². The Morgan fingerprint density at radius 2 is 1.75 bits per heavy atom. The molecular formula is C16H27N3O. The van der Waals surface area contributed by atoms with E-state index in [2.05, 4.69) is 37.9 Å². The lowest BCUT2D eigenvalue weighted by molar-refractivity contribution is -0.117. The number of hydrogen-bond donors (Lipinski definition) is 2. The van der Waals surface area contributed by atoms with Gasteiger partial charge in [-0.3, -0.25) is 4.79 Å². The lowest BCUT2D eigenvalue weighted by Gasteiger charge is -2.21. The van der Waals surface area contributed by atoms with E-state index < -0.39 is 6.04 Å². The van der Waals surface area contributed by atoms with E-state index in [1.807, 2.05) is 24.3 Å². The highest BCUT2D eigenvalue weighted by Gasteiger charge is 2.15. The minimum Gasteiger partial charge on any atom is -0.372 e. The van der Waals surface area contributed by atoms with Crippen molar-refractivity contribution in [3.8, 4) is 0 Å². The maximum absolute atomic E-state index is 11.9. The highest BCUT2D eigenvalue weighted by molar-refractivity contribution is 5.94. The molecule has 0 radical (unpaired) electrons. The molecule has 0 heterocycles. The second kappa shape index (κ2) is 7.90. The van der Waals surface area contributed by atoms with E-state index in [0.29, 0.717) is 12.3 Å². The Morgan fingerprint density at radius 1 is 1.20 bits per heavy atom. The van der Waals surface area contributed by atoms with Crippen molar-refractivity contribution in [1.82, 2.24) is 0 Å². The number of anilines is 2. The number of nitrogens with one attached hydrogen (secondary N) is 1. The zero-order valence-corrected chi connectivity index (χ0v) is 13.0. The first-order valence-corrected chi connectivity index (χ1v) is 7.39. The van der Waals surface area contributed by atoms with Crippen LogP contribution in [0.2, 0.25) is 0 Å². The largest absolute Gasteiger partial charge is 0.372 e. The standard InChI is InChI=1S/C16H27N3O/c1-5-19(6-2)14-9-7-13(8-10-14)18-16(20)15(17)11-12(3)4/h7-10,12,15H,5-6,11,17H2,1-4H3,(H,18,20)/t15-/m0/s1. The van der Waals surface area contributed by atoms with Crippen LogP contribution in [0.25, 0.3) is 0 Å². The summed E-state index contributed by atoms with van der Waals surface area (Å²) in [5, 5.41) is 2.87. The zero-order chi connectivity index (χ0) is 15.1. The first-order chi connectivity index (χ1) is 9.47. The van der Waals surface area contributed by atoms with Gasteiger partial charge < -0.3 is 16.0 Å². The molecule has 0 aromatic heterocycles. The lowest BCUT2D eigenvalue weighted by atomic mass is 10.0. The maximum atomic E-state index is 11.9. The van der Waals surface area contributed by atoms with Gasteiger partial charge in [0.05, 0.1) is 6.04 Å². The Hall–Kier alpha value is -1.55. The van der Waals surface area contributed by atoms with Crippen molar-refractivity contribution < 1.29 is 4.79 Å². The van der Waals surface area contributed by atoms with Crippen LogP contribution in [0.4, 0.5) is 11.4 Å². The van der Waals surface area contributed by atoms with Crippen molar-refractivity contribution in [3.63, 3.8) is 0 Å². The summed E-state index contributed by atoms with van der Waals surface area (Å²) < 4.78 is 0. The number of hydrogen-bond acceptors (Lipinski definition) is 3. The van der Waals surface area contributed by atoms with Gasteiger partial charge in [0.2, 0.25) is 5.91 Å². The van der Waals surface area contributed by atoms with Gasteiger partial charge in [-0.2, -0.15) is 0 Å². The van der Waals surface area contributed by atoms with Crippen LogP contribution < -0.4 is 16.0 Å². The fraction of sp³-hybridized carbons (Fsp3) is 0.562. The highest BCUT2D eigenvalue weighted by atomic mass is 16.2. The van der Waals surface area contributed by atoms with Gasteiger partial charge in [0.15, 0.2) is 0 Å². The molecule has 1 amide bonds. The van der Waals surface area contributed by atoms with Gasteiger partial charge in [-0.15, -0.1) is 0 Å². The predicted octanol–water partition coefficient (Wildman–Crippen LogP) is 2.84. The second-order valence-corrected chi connectivity index (χ2v) is 5.44. The van der Waals surface area contributed by atoms with Crippen molar-refractivity contribution in [2.24, 2.45) is 11.7 Å². The van der Waals surface area contributed by atoms with Crippen molar-refractivity contribution >= 4 is 17.3 Å². The Morgan fingerprint density at radius 3 is 2.20 bits per heavy atom. The molecule has 4 heteroatoms. The van der Waals surface area contributed by atoms with Gasteiger partial charge >= 0.3 is 0 Å². The number of nitrogens with two attached hydrogens (primary N) is 1. The van der Waals surface area contributed by atoms with Gasteiger partial charge in [0, 0.05) is 24.5 Å². The van der Waals surface area contributed by atoms with E-state index in [1.165, 1.54) is 5.69 Å². The van der Waals surface area contributed by atoms with Gasteiger partial charge in [0.1, 0.15) is 0 Å². The van der Waals surface area contributed by atoms with E-state index in [0.717, 1.165) is 18.8 Å². The molecule has 1 aromatic carbocycles. The lowest BCUT2D eigenvalue weighted by Crippen LogP contribution is -2.36. The molecule has 0 spiro atoms. The first kappa shape index (κ1) is 16.5. The number of carbonyl (C=O) groups is 1. The van der Waals surface area contributed by atoms with Crippen molar-refractivity contribution in [2.75, 3.05) is 23.3 Å². The molecule has 0 aliphatic heterocycles. The number of amides is 1. The Kier molecular flexibility index (Phi) is 6.52. The minimum absolute atomic E-state index is 0.116. The molecular weight excluding hydrogens is 250 g/mol. The average molecular weight is 277 g/mol. The number of nitrogens with zero attached hydrogens (tertiary/aromatic N) is 1. The van der Waals surface area contributed by atoms with Gasteiger partial charge in [0.25, 0.3) is 0 Å². The molecule has 1 rings (SSSR count). The fourth-order valence-electron chi connectivity index (χ4n) is 2.19. The highest BCUT2D eigenvalue weighted by Crippen LogP contribution is 2.18. The average Bonchev–Trinajstić information content (AvgIpc) is 2.41. The predicted molar refractivity (Wildman–Crippen MR) is 86.1 cm³/mol. The molecule has 0 saturated heterocycles. The molecule has 3 N–H and O–H groups in total. The van der Waals surface area contributed by atoms with Crippen molar-refractivity contribution in [3.05, 3.63) is 24.3 Å². The van der Waals surface area contributed by atoms with Gasteiger partial charge in [-0.05, 0) is 50.5 Å². The van der Waals surface area contributed by atoms with Crippen LogP contribution in [0, 0.1) is 5.92 Å². The summed E-state index contributed by atoms with van der Waals surface area (Å²) >= 11 is 0. The molecule has 112 valence electrons. The van der Waals surface area contributed by atoms with Crippen molar-refractivity contribution in [2.45, 2.75) is 40.2 Å². The molecule has 0 aliphatic carbocycles. The normalized spacial score (nSPS) is 12.3. The second-order valence-electron chi connectivity index (χ2n) is 5.44. The van der Waals surface area contributed by atoms with Crippen LogP contribution >= 0.6 is 0 Å². The van der Waals surface area contributed by atoms with Crippen LogP contribution in [0.15, 0.2) is 24.3 Å². The third-order valence-corrected chi connectivity index (χ3v) is 3.33. The monoisotopic (exact) mass is 277 g/mol. The van der Waals surface area contributed by atoms with Gasteiger partial charge in [-0.25, -0.2) is 0 Å². The fourth-order valence-corrected chi connectivity index (χ4v) is 2.19. The summed E-state index contributed by atoms with van der Waals surface area (Å²) in [6, 6.07) is 7.45. The summed E-state index contributed by atoms with van der Waals surface area (Å²) in [5.74, 6) is 0.301. The molecule has 20 heavy (non-hydrogen) atoms. The third-order valence-electron chi connectivity index (χ3n) is 3.33. The molecule has 4 nitrogen and oxygen atoms in total. The summed E-state index contributed by atoms with van der Waals surface area (Å²) in [4.78, 5) is 14.2. The van der Waals surface area contributed by atoms with Crippen LogP contribution in [0.1, 0.15) is 34.1 Å². The third kappa shape index (κ3) is 4.85. The molecule has 0 bridgehead atoms. The molecule has 0 aliphatic rings. The number of carbonyl (C=O) groups excluding carboxylic acids is 1. The minimum atomic E-state index is -0.447. The summed E-state index contributed by atoms with van der Waals surface area (Å²) in [5.41, 5.74) is 7.83. The van der Waals surface area contributed by atoms with Crippen LogP contribution in [0.3, 0.4) is 0 Å². The summed E-state index contributed by atoms with van der Waals surface area (Å²) in [6.45, 7) is 10.3. The van der Waals surface area contributed by atoms with Crippen molar-refractivity contribution in [1.29, 1.82) is 0 Å². The van der Waals surface area contributed by atoms with E-state index in [-0.39, 0.29) is 5.91 Å². The van der Waals surface area contributed by atoms with E-state index in [9.17, 15) is 4.79 Å². The first-order valence-electron chi connectivity index (χ1n) is 7.39. The van der Waals surface area contributed by atoms with Crippen LogP contribution in [-0.2, 0) is 4.79 Å². The van der Waals surface area contributed by atoms with Crippen LogP contribution in [0.5, 0.6) is 0 Å². The Bertz CT molecular complexity index is 410.